The summed E-state index contributed by atoms with van der Waals surface area (Å²) in [6, 6.07) is 12.4. The van der Waals surface area contributed by atoms with E-state index < -0.39 is 0 Å². The maximum Gasteiger partial charge on any atom is 0.236 e. The molecule has 1 aliphatic heterocycles. The molecule has 0 bridgehead atoms. The number of rotatable bonds is 8. The van der Waals surface area contributed by atoms with Crippen molar-refractivity contribution in [2.45, 2.75) is 25.8 Å². The number of benzene rings is 2. The van der Waals surface area contributed by atoms with Crippen molar-refractivity contribution in [3.63, 3.8) is 0 Å². The number of nitrogens with one attached hydrogen (secondary N) is 1. The van der Waals surface area contributed by atoms with Gasteiger partial charge in [-0.3, -0.25) is 9.69 Å². The topological polar surface area (TPSA) is 44.8 Å². The van der Waals surface area contributed by atoms with Gasteiger partial charge in [0.25, 0.3) is 0 Å². The summed E-state index contributed by atoms with van der Waals surface area (Å²) in [5, 5.41) is 5.55. The molecule has 160 valence electrons. The van der Waals surface area contributed by atoms with Crippen LogP contribution >= 0.6 is 12.4 Å². The van der Waals surface area contributed by atoms with E-state index in [9.17, 15) is 4.79 Å². The molecule has 1 fully saturated rings. The number of amides is 1. The first-order valence-corrected chi connectivity index (χ1v) is 10.3. The molecule has 0 spiro atoms. The smallest absolute Gasteiger partial charge is 0.236 e. The van der Waals surface area contributed by atoms with Gasteiger partial charge in [-0.05, 0) is 86.4 Å². The molecule has 0 aromatic heterocycles. The van der Waals surface area contributed by atoms with E-state index in [1.54, 1.807) is 7.11 Å². The van der Waals surface area contributed by atoms with Crippen LogP contribution in [-0.2, 0) is 11.3 Å². The molecule has 29 heavy (non-hydrogen) atoms. The van der Waals surface area contributed by atoms with Crippen LogP contribution in [0.4, 0.5) is 0 Å². The van der Waals surface area contributed by atoms with Crippen molar-refractivity contribution in [1.29, 1.82) is 0 Å². The normalized spacial score (nSPS) is 15.1. The van der Waals surface area contributed by atoms with Gasteiger partial charge in [0.05, 0.1) is 13.7 Å². The summed E-state index contributed by atoms with van der Waals surface area (Å²) in [6.07, 6.45) is 3.64. The molecule has 3 rings (SSSR count). The van der Waals surface area contributed by atoms with Gasteiger partial charge in [0.15, 0.2) is 0 Å². The molecule has 1 N–H and O–H groups in total. The van der Waals surface area contributed by atoms with Crippen LogP contribution in [0.1, 0.15) is 24.8 Å². The van der Waals surface area contributed by atoms with E-state index in [4.69, 9.17) is 4.74 Å². The largest absolute Gasteiger partial charge is 0.497 e. The molecule has 1 saturated heterocycles. The zero-order valence-electron chi connectivity index (χ0n) is 17.8. The molecule has 0 saturated carbocycles. The number of halogens is 1. The Bertz CT molecular complexity index is 791. The van der Waals surface area contributed by atoms with Gasteiger partial charge in [0, 0.05) is 13.6 Å². The van der Waals surface area contributed by atoms with Crippen molar-refractivity contribution >= 4 is 29.1 Å². The van der Waals surface area contributed by atoms with E-state index in [1.165, 1.54) is 24.6 Å². The monoisotopic (exact) mass is 419 g/mol. The minimum atomic E-state index is 0. The molecule has 2 aromatic rings. The lowest BCUT2D eigenvalue weighted by Gasteiger charge is -2.32. The first-order chi connectivity index (χ1) is 13.6. The zero-order valence-corrected chi connectivity index (χ0v) is 18.6. The van der Waals surface area contributed by atoms with Crippen molar-refractivity contribution in [3.05, 3.63) is 42.0 Å². The molecule has 1 heterocycles. The number of ether oxygens (including phenoxy) is 1. The Morgan fingerprint density at radius 2 is 1.86 bits per heavy atom. The SMILES string of the molecule is CNCCC1CCN(CC(=O)N(C)Cc2ccc3cc(OC)ccc3c2)CC1.Cl. The van der Waals surface area contributed by atoms with Gasteiger partial charge in [0.1, 0.15) is 5.75 Å². The lowest BCUT2D eigenvalue weighted by atomic mass is 9.93. The fraction of sp³-hybridized carbons (Fsp3) is 0.522. The van der Waals surface area contributed by atoms with Crippen LogP contribution in [0.3, 0.4) is 0 Å². The molecule has 1 aliphatic rings. The third-order valence-electron chi connectivity index (χ3n) is 5.83. The van der Waals surface area contributed by atoms with Gasteiger partial charge in [-0.25, -0.2) is 0 Å². The Morgan fingerprint density at radius 3 is 2.55 bits per heavy atom. The van der Waals surface area contributed by atoms with Crippen LogP contribution in [0.25, 0.3) is 10.8 Å². The van der Waals surface area contributed by atoms with E-state index in [1.807, 2.05) is 31.1 Å². The highest BCUT2D eigenvalue weighted by Crippen LogP contribution is 2.23. The van der Waals surface area contributed by atoms with Crippen LogP contribution in [-0.4, -0.2) is 63.1 Å². The minimum absolute atomic E-state index is 0. The predicted octanol–water partition coefficient (Wildman–Crippen LogP) is 3.55. The maximum absolute atomic E-state index is 12.7. The van der Waals surface area contributed by atoms with Crippen molar-refractivity contribution < 1.29 is 9.53 Å². The van der Waals surface area contributed by atoms with Gasteiger partial charge in [-0.1, -0.05) is 18.2 Å². The first kappa shape index (κ1) is 23.5. The molecular formula is C23H34ClN3O2. The Hall–Kier alpha value is -1.82. The summed E-state index contributed by atoms with van der Waals surface area (Å²) in [4.78, 5) is 16.8. The van der Waals surface area contributed by atoms with Gasteiger partial charge in [-0.2, -0.15) is 0 Å². The average Bonchev–Trinajstić information content (AvgIpc) is 2.72. The van der Waals surface area contributed by atoms with E-state index >= 15 is 0 Å². The van der Waals surface area contributed by atoms with Crippen molar-refractivity contribution in [1.82, 2.24) is 15.1 Å². The highest BCUT2D eigenvalue weighted by atomic mass is 35.5. The van der Waals surface area contributed by atoms with E-state index in [-0.39, 0.29) is 18.3 Å². The van der Waals surface area contributed by atoms with Gasteiger partial charge in [-0.15, -0.1) is 12.4 Å². The lowest BCUT2D eigenvalue weighted by Crippen LogP contribution is -2.42. The van der Waals surface area contributed by atoms with E-state index in [2.05, 4.69) is 34.5 Å². The maximum atomic E-state index is 12.7. The molecule has 0 aliphatic carbocycles. The summed E-state index contributed by atoms with van der Waals surface area (Å²) >= 11 is 0. The minimum Gasteiger partial charge on any atom is -0.497 e. The Kier molecular flexibility index (Phi) is 9.21. The molecule has 1 amide bonds. The fourth-order valence-electron chi connectivity index (χ4n) is 3.95. The Balaban J connectivity index is 0.00000300. The molecule has 6 heteroatoms. The van der Waals surface area contributed by atoms with Crippen molar-refractivity contribution in [3.8, 4) is 5.75 Å². The molecular weight excluding hydrogens is 386 g/mol. The first-order valence-electron chi connectivity index (χ1n) is 10.3. The molecule has 2 aromatic carbocycles. The Morgan fingerprint density at radius 1 is 1.17 bits per heavy atom. The second kappa shape index (κ2) is 11.4. The van der Waals surface area contributed by atoms with Crippen LogP contribution in [0.5, 0.6) is 5.75 Å². The molecule has 5 nitrogen and oxygen atoms in total. The quantitative estimate of drug-likeness (QED) is 0.710. The number of carbonyl (C=O) groups excluding carboxylic acids is 1. The van der Waals surface area contributed by atoms with Gasteiger partial charge < -0.3 is 15.0 Å². The number of likely N-dealkylation sites (N-methyl/N-ethyl adjacent to an activating group) is 1. The van der Waals surface area contributed by atoms with Crippen LogP contribution in [0.15, 0.2) is 36.4 Å². The number of piperidine rings is 1. The van der Waals surface area contributed by atoms with Crippen LogP contribution in [0, 0.1) is 5.92 Å². The van der Waals surface area contributed by atoms with E-state index in [0.29, 0.717) is 13.1 Å². The Labute approximate surface area is 180 Å². The number of hydrogen-bond acceptors (Lipinski definition) is 4. The summed E-state index contributed by atoms with van der Waals surface area (Å²) in [7, 11) is 5.59. The van der Waals surface area contributed by atoms with Gasteiger partial charge >= 0.3 is 0 Å². The summed E-state index contributed by atoms with van der Waals surface area (Å²) in [5.41, 5.74) is 1.15. The van der Waals surface area contributed by atoms with Crippen molar-refractivity contribution in [2.24, 2.45) is 5.92 Å². The third-order valence-corrected chi connectivity index (χ3v) is 5.83. The van der Waals surface area contributed by atoms with Gasteiger partial charge in [0.2, 0.25) is 5.91 Å². The van der Waals surface area contributed by atoms with Crippen LogP contribution in [0.2, 0.25) is 0 Å². The molecule has 0 radical (unpaired) electrons. The second-order valence-corrected chi connectivity index (χ2v) is 7.91. The number of nitrogens with zero attached hydrogens (tertiary/aromatic N) is 2. The van der Waals surface area contributed by atoms with Crippen LogP contribution < -0.4 is 10.1 Å². The number of hydrogen-bond donors (Lipinski definition) is 1. The van der Waals surface area contributed by atoms with E-state index in [0.717, 1.165) is 42.3 Å². The second-order valence-electron chi connectivity index (χ2n) is 7.91. The molecule has 0 unspecified atom stereocenters. The van der Waals surface area contributed by atoms with Crippen molar-refractivity contribution in [2.75, 3.05) is 47.4 Å². The third kappa shape index (κ3) is 6.59. The average molecular weight is 420 g/mol. The predicted molar refractivity (Wildman–Crippen MR) is 122 cm³/mol. The molecule has 0 atom stereocenters. The standard InChI is InChI=1S/C23H33N3O2.ClH/c1-24-11-8-18-9-12-26(13-10-18)17-23(27)25(2)16-19-4-5-21-15-22(28-3)7-6-20(21)14-19;/h4-7,14-15,18,24H,8-13,16-17H2,1-3H3;1H. The number of likely N-dealkylation sites (tertiary alicyclic amines) is 1. The fourth-order valence-corrected chi connectivity index (χ4v) is 3.95. The highest BCUT2D eigenvalue weighted by molar-refractivity contribution is 5.85. The summed E-state index contributed by atoms with van der Waals surface area (Å²) in [5.74, 6) is 1.86. The number of methoxy groups -OCH3 is 1. The lowest BCUT2D eigenvalue weighted by molar-refractivity contribution is -0.132. The zero-order chi connectivity index (χ0) is 19.9. The number of fused-ring (bicyclic) bond motifs is 1. The summed E-state index contributed by atoms with van der Waals surface area (Å²) < 4.78 is 5.29. The summed E-state index contributed by atoms with van der Waals surface area (Å²) in [6.45, 7) is 4.32. The highest BCUT2D eigenvalue weighted by Gasteiger charge is 2.21. The number of carbonyl (C=O) groups is 1.